The largest absolute Gasteiger partial charge is 0.316 e. The standard InChI is InChI=1S/C14H24N2S/c1-2-13-6-9-17-14(13)11-15-7-3-4-12-5-8-16-10-12/h6,9,12,15-16H,2-5,7-8,10-11H2,1H3. The number of rotatable bonds is 7. The maximum Gasteiger partial charge on any atom is 0.0302 e. The van der Waals surface area contributed by atoms with Crippen molar-refractivity contribution in [2.24, 2.45) is 5.92 Å². The lowest BCUT2D eigenvalue weighted by Crippen LogP contribution is -2.16. The molecule has 0 saturated carbocycles. The molecular formula is C14H24N2S. The van der Waals surface area contributed by atoms with E-state index < -0.39 is 0 Å². The van der Waals surface area contributed by atoms with Crippen molar-refractivity contribution >= 4 is 11.3 Å². The number of aryl methyl sites for hydroxylation is 1. The highest BCUT2D eigenvalue weighted by molar-refractivity contribution is 7.10. The molecule has 2 rings (SSSR count). The molecule has 0 spiro atoms. The monoisotopic (exact) mass is 252 g/mol. The van der Waals surface area contributed by atoms with Gasteiger partial charge in [0, 0.05) is 11.4 Å². The average Bonchev–Trinajstić information content (AvgIpc) is 2.98. The Labute approximate surface area is 109 Å². The van der Waals surface area contributed by atoms with Crippen molar-refractivity contribution in [2.75, 3.05) is 19.6 Å². The lowest BCUT2D eigenvalue weighted by atomic mass is 10.0. The molecule has 0 aromatic carbocycles. The van der Waals surface area contributed by atoms with Gasteiger partial charge in [-0.3, -0.25) is 0 Å². The van der Waals surface area contributed by atoms with Gasteiger partial charge in [0.1, 0.15) is 0 Å². The van der Waals surface area contributed by atoms with Gasteiger partial charge in [-0.05, 0) is 68.2 Å². The Morgan fingerprint density at radius 3 is 3.24 bits per heavy atom. The van der Waals surface area contributed by atoms with Crippen LogP contribution in [-0.2, 0) is 13.0 Å². The lowest BCUT2D eigenvalue weighted by molar-refractivity contribution is 0.492. The van der Waals surface area contributed by atoms with E-state index >= 15 is 0 Å². The topological polar surface area (TPSA) is 24.1 Å². The zero-order chi connectivity index (χ0) is 11.9. The van der Waals surface area contributed by atoms with Crippen LogP contribution >= 0.6 is 11.3 Å². The molecule has 2 N–H and O–H groups in total. The third-order valence-electron chi connectivity index (χ3n) is 3.63. The van der Waals surface area contributed by atoms with E-state index in [4.69, 9.17) is 0 Å². The first-order valence-corrected chi connectivity index (χ1v) is 7.74. The molecule has 0 aliphatic carbocycles. The molecule has 1 fully saturated rings. The Kier molecular flexibility index (Phi) is 5.49. The fraction of sp³-hybridized carbons (Fsp3) is 0.714. The molecule has 0 bridgehead atoms. The van der Waals surface area contributed by atoms with Gasteiger partial charge < -0.3 is 10.6 Å². The average molecular weight is 252 g/mol. The van der Waals surface area contributed by atoms with Crippen LogP contribution in [0.5, 0.6) is 0 Å². The summed E-state index contributed by atoms with van der Waals surface area (Å²) in [5.41, 5.74) is 1.52. The van der Waals surface area contributed by atoms with E-state index in [1.54, 1.807) is 0 Å². The van der Waals surface area contributed by atoms with Crippen molar-refractivity contribution in [1.82, 2.24) is 10.6 Å². The highest BCUT2D eigenvalue weighted by Gasteiger charge is 2.13. The van der Waals surface area contributed by atoms with Gasteiger partial charge >= 0.3 is 0 Å². The fourth-order valence-electron chi connectivity index (χ4n) is 2.52. The smallest absolute Gasteiger partial charge is 0.0302 e. The van der Waals surface area contributed by atoms with E-state index in [-0.39, 0.29) is 0 Å². The SMILES string of the molecule is CCc1ccsc1CNCCCC1CCNC1. The third kappa shape index (κ3) is 4.09. The fourth-order valence-corrected chi connectivity index (χ4v) is 3.46. The summed E-state index contributed by atoms with van der Waals surface area (Å²) in [5, 5.41) is 9.22. The molecule has 1 aliphatic rings. The van der Waals surface area contributed by atoms with E-state index in [1.807, 2.05) is 11.3 Å². The predicted octanol–water partition coefficient (Wildman–Crippen LogP) is 2.79. The van der Waals surface area contributed by atoms with Crippen LogP contribution in [0.2, 0.25) is 0 Å². The Morgan fingerprint density at radius 2 is 2.47 bits per heavy atom. The summed E-state index contributed by atoms with van der Waals surface area (Å²) in [5.74, 6) is 0.935. The van der Waals surface area contributed by atoms with E-state index in [2.05, 4.69) is 29.0 Å². The maximum atomic E-state index is 3.58. The molecule has 96 valence electrons. The van der Waals surface area contributed by atoms with Crippen LogP contribution in [0.3, 0.4) is 0 Å². The van der Waals surface area contributed by atoms with E-state index in [0.29, 0.717) is 0 Å². The second kappa shape index (κ2) is 7.14. The lowest BCUT2D eigenvalue weighted by Gasteiger charge is -2.08. The normalized spacial score (nSPS) is 19.9. The second-order valence-corrected chi connectivity index (χ2v) is 5.90. The molecular weight excluding hydrogens is 228 g/mol. The molecule has 1 atom stereocenters. The minimum atomic E-state index is 0.935. The Bertz CT molecular complexity index is 316. The van der Waals surface area contributed by atoms with Gasteiger partial charge in [0.05, 0.1) is 0 Å². The third-order valence-corrected chi connectivity index (χ3v) is 4.60. The minimum Gasteiger partial charge on any atom is -0.316 e. The van der Waals surface area contributed by atoms with Crippen molar-refractivity contribution in [1.29, 1.82) is 0 Å². The van der Waals surface area contributed by atoms with E-state index in [0.717, 1.165) is 25.4 Å². The van der Waals surface area contributed by atoms with Crippen molar-refractivity contribution in [3.8, 4) is 0 Å². The second-order valence-electron chi connectivity index (χ2n) is 4.90. The van der Waals surface area contributed by atoms with Gasteiger partial charge in [-0.15, -0.1) is 11.3 Å². The summed E-state index contributed by atoms with van der Waals surface area (Å²) in [4.78, 5) is 1.52. The van der Waals surface area contributed by atoms with Crippen LogP contribution in [0, 0.1) is 5.92 Å². The van der Waals surface area contributed by atoms with E-state index in [9.17, 15) is 0 Å². The highest BCUT2D eigenvalue weighted by Crippen LogP contribution is 2.17. The van der Waals surface area contributed by atoms with Gasteiger partial charge in [0.2, 0.25) is 0 Å². The van der Waals surface area contributed by atoms with Crippen LogP contribution in [-0.4, -0.2) is 19.6 Å². The first-order chi connectivity index (χ1) is 8.40. The summed E-state index contributed by atoms with van der Waals surface area (Å²) in [6.07, 6.45) is 5.24. The Balaban J connectivity index is 1.56. The van der Waals surface area contributed by atoms with Crippen LogP contribution < -0.4 is 10.6 Å². The number of hydrogen-bond acceptors (Lipinski definition) is 3. The quantitative estimate of drug-likeness (QED) is 0.729. The van der Waals surface area contributed by atoms with Crippen molar-refractivity contribution in [2.45, 2.75) is 39.2 Å². The van der Waals surface area contributed by atoms with Gasteiger partial charge in [0.25, 0.3) is 0 Å². The predicted molar refractivity (Wildman–Crippen MR) is 75.6 cm³/mol. The summed E-state index contributed by atoms with van der Waals surface area (Å²) < 4.78 is 0. The molecule has 1 aromatic rings. The van der Waals surface area contributed by atoms with Gasteiger partial charge in [-0.2, -0.15) is 0 Å². The number of nitrogens with one attached hydrogen (secondary N) is 2. The van der Waals surface area contributed by atoms with Crippen molar-refractivity contribution in [3.05, 3.63) is 21.9 Å². The highest BCUT2D eigenvalue weighted by atomic mass is 32.1. The molecule has 2 nitrogen and oxygen atoms in total. The van der Waals surface area contributed by atoms with Crippen LogP contribution in [0.1, 0.15) is 36.6 Å². The molecule has 3 heteroatoms. The summed E-state index contributed by atoms with van der Waals surface area (Å²) in [6.45, 7) is 6.93. The van der Waals surface area contributed by atoms with E-state index in [1.165, 1.54) is 42.8 Å². The first-order valence-electron chi connectivity index (χ1n) is 6.87. The molecule has 1 saturated heterocycles. The van der Waals surface area contributed by atoms with Gasteiger partial charge in [0.15, 0.2) is 0 Å². The molecule has 1 aliphatic heterocycles. The summed E-state index contributed by atoms with van der Waals surface area (Å²) in [6, 6.07) is 2.26. The van der Waals surface area contributed by atoms with Gasteiger partial charge in [-0.1, -0.05) is 6.92 Å². The summed E-state index contributed by atoms with van der Waals surface area (Å²) in [7, 11) is 0. The van der Waals surface area contributed by atoms with Crippen LogP contribution in [0.25, 0.3) is 0 Å². The molecule has 2 heterocycles. The summed E-state index contributed by atoms with van der Waals surface area (Å²) >= 11 is 1.88. The zero-order valence-corrected chi connectivity index (χ0v) is 11.6. The minimum absolute atomic E-state index is 0.935. The molecule has 17 heavy (non-hydrogen) atoms. The van der Waals surface area contributed by atoms with Crippen LogP contribution in [0.15, 0.2) is 11.4 Å². The number of thiophene rings is 1. The Hall–Kier alpha value is -0.380. The molecule has 0 radical (unpaired) electrons. The van der Waals surface area contributed by atoms with Crippen molar-refractivity contribution < 1.29 is 0 Å². The van der Waals surface area contributed by atoms with Gasteiger partial charge in [-0.25, -0.2) is 0 Å². The zero-order valence-electron chi connectivity index (χ0n) is 10.8. The maximum absolute atomic E-state index is 3.58. The Morgan fingerprint density at radius 1 is 1.53 bits per heavy atom. The molecule has 1 aromatic heterocycles. The molecule has 0 amide bonds. The first kappa shape index (κ1) is 13.1. The molecule has 1 unspecified atom stereocenters. The van der Waals surface area contributed by atoms with Crippen molar-refractivity contribution in [3.63, 3.8) is 0 Å². The van der Waals surface area contributed by atoms with Crippen LogP contribution in [0.4, 0.5) is 0 Å². The number of hydrogen-bond donors (Lipinski definition) is 2.